The molecule has 1 aromatic heterocycles. The molecular weight excluding hydrogens is 409 g/mol. The van der Waals surface area contributed by atoms with Crippen molar-refractivity contribution in [2.75, 3.05) is 0 Å². The van der Waals surface area contributed by atoms with Gasteiger partial charge in [0.05, 0.1) is 0 Å². The SMILES string of the molecule is CCC(C)c1cc(-c2nc3ccccc3o2)cc(P(c2ccccc2)c2ccccc2)c1. The molecule has 5 aromatic rings. The van der Waals surface area contributed by atoms with Gasteiger partial charge in [-0.05, 0) is 66.0 Å². The van der Waals surface area contributed by atoms with Gasteiger partial charge in [0.2, 0.25) is 5.89 Å². The van der Waals surface area contributed by atoms with Gasteiger partial charge in [0.25, 0.3) is 0 Å². The van der Waals surface area contributed by atoms with E-state index in [1.54, 1.807) is 0 Å². The summed E-state index contributed by atoms with van der Waals surface area (Å²) in [7, 11) is -0.692. The number of hydrogen-bond acceptors (Lipinski definition) is 2. The molecule has 0 spiro atoms. The lowest BCUT2D eigenvalue weighted by Crippen LogP contribution is -2.21. The van der Waals surface area contributed by atoms with Gasteiger partial charge in [0.1, 0.15) is 5.52 Å². The van der Waals surface area contributed by atoms with Crippen LogP contribution in [0.4, 0.5) is 0 Å². The summed E-state index contributed by atoms with van der Waals surface area (Å²) >= 11 is 0. The van der Waals surface area contributed by atoms with Gasteiger partial charge in [-0.25, -0.2) is 4.98 Å². The number of benzene rings is 4. The lowest BCUT2D eigenvalue weighted by molar-refractivity contribution is 0.619. The van der Waals surface area contributed by atoms with E-state index < -0.39 is 7.92 Å². The lowest BCUT2D eigenvalue weighted by atomic mass is 9.97. The summed E-state index contributed by atoms with van der Waals surface area (Å²) in [4.78, 5) is 4.80. The predicted molar refractivity (Wildman–Crippen MR) is 137 cm³/mol. The average molecular weight is 436 g/mol. The van der Waals surface area contributed by atoms with Crippen molar-refractivity contribution in [2.45, 2.75) is 26.2 Å². The first-order valence-corrected chi connectivity index (χ1v) is 12.5. The summed E-state index contributed by atoms with van der Waals surface area (Å²) < 4.78 is 6.16. The van der Waals surface area contributed by atoms with Crippen molar-refractivity contribution in [3.05, 3.63) is 109 Å². The molecule has 158 valence electrons. The van der Waals surface area contributed by atoms with Gasteiger partial charge in [-0.3, -0.25) is 0 Å². The predicted octanol–water partition coefficient (Wildman–Crippen LogP) is 6.77. The molecule has 1 unspecified atom stereocenters. The van der Waals surface area contributed by atoms with Gasteiger partial charge in [-0.15, -0.1) is 0 Å². The fraction of sp³-hybridized carbons (Fsp3) is 0.138. The number of oxazole rings is 1. The highest BCUT2D eigenvalue weighted by molar-refractivity contribution is 7.79. The molecule has 0 bridgehead atoms. The topological polar surface area (TPSA) is 26.0 Å². The number of hydrogen-bond donors (Lipinski definition) is 0. The van der Waals surface area contributed by atoms with E-state index in [9.17, 15) is 0 Å². The molecule has 5 rings (SSSR count). The van der Waals surface area contributed by atoms with Crippen LogP contribution >= 0.6 is 7.92 Å². The van der Waals surface area contributed by atoms with Gasteiger partial charge in [-0.1, -0.05) is 92.7 Å². The summed E-state index contributed by atoms with van der Waals surface area (Å²) in [5.74, 6) is 1.15. The van der Waals surface area contributed by atoms with E-state index in [0.717, 1.165) is 23.1 Å². The molecule has 0 N–H and O–H groups in total. The number of para-hydroxylation sites is 2. The fourth-order valence-electron chi connectivity index (χ4n) is 4.00. The van der Waals surface area contributed by atoms with Crippen LogP contribution in [0.1, 0.15) is 31.7 Å². The zero-order valence-corrected chi connectivity index (χ0v) is 19.3. The van der Waals surface area contributed by atoms with Crippen LogP contribution in [0.15, 0.2) is 108 Å². The van der Waals surface area contributed by atoms with E-state index in [1.807, 2.05) is 24.3 Å². The van der Waals surface area contributed by atoms with Crippen LogP contribution in [0, 0.1) is 0 Å². The molecule has 0 radical (unpaired) electrons. The maximum Gasteiger partial charge on any atom is 0.227 e. The van der Waals surface area contributed by atoms with E-state index in [2.05, 4.69) is 92.7 Å². The Hall–Kier alpha value is -3.22. The van der Waals surface area contributed by atoms with Crippen molar-refractivity contribution in [1.29, 1.82) is 0 Å². The Morgan fingerprint density at radius 2 is 1.38 bits per heavy atom. The largest absolute Gasteiger partial charge is 0.436 e. The number of nitrogens with zero attached hydrogens (tertiary/aromatic N) is 1. The summed E-state index contributed by atoms with van der Waals surface area (Å²) in [6.07, 6.45) is 1.09. The van der Waals surface area contributed by atoms with E-state index in [0.29, 0.717) is 11.8 Å². The van der Waals surface area contributed by atoms with Gasteiger partial charge < -0.3 is 4.42 Å². The van der Waals surface area contributed by atoms with E-state index in [1.165, 1.54) is 21.5 Å². The minimum atomic E-state index is -0.692. The molecule has 0 amide bonds. The molecule has 0 saturated heterocycles. The van der Waals surface area contributed by atoms with Crippen LogP contribution in [0.3, 0.4) is 0 Å². The summed E-state index contributed by atoms with van der Waals surface area (Å²) in [5, 5.41) is 4.02. The molecule has 0 saturated carbocycles. The first-order chi connectivity index (χ1) is 15.7. The van der Waals surface area contributed by atoms with Gasteiger partial charge in [-0.2, -0.15) is 0 Å². The second kappa shape index (κ2) is 9.10. The molecule has 0 fully saturated rings. The lowest BCUT2D eigenvalue weighted by Gasteiger charge is -2.22. The third-order valence-corrected chi connectivity index (χ3v) is 8.35. The van der Waals surface area contributed by atoms with Crippen molar-refractivity contribution in [3.8, 4) is 11.5 Å². The fourth-order valence-corrected chi connectivity index (χ4v) is 6.39. The number of fused-ring (bicyclic) bond motifs is 1. The molecule has 1 atom stereocenters. The average Bonchev–Trinajstić information content (AvgIpc) is 3.29. The normalized spacial score (nSPS) is 12.3. The van der Waals surface area contributed by atoms with Crippen LogP contribution in [0.25, 0.3) is 22.6 Å². The number of rotatable bonds is 6. The van der Waals surface area contributed by atoms with Crippen molar-refractivity contribution >= 4 is 34.9 Å². The van der Waals surface area contributed by atoms with Crippen molar-refractivity contribution < 1.29 is 4.42 Å². The van der Waals surface area contributed by atoms with E-state index in [4.69, 9.17) is 9.40 Å². The molecule has 4 aromatic carbocycles. The highest BCUT2D eigenvalue weighted by Crippen LogP contribution is 2.36. The second-order valence-electron chi connectivity index (χ2n) is 8.12. The van der Waals surface area contributed by atoms with Crippen LogP contribution in [0.5, 0.6) is 0 Å². The van der Waals surface area contributed by atoms with Gasteiger partial charge >= 0.3 is 0 Å². The Morgan fingerprint density at radius 1 is 0.750 bits per heavy atom. The smallest absolute Gasteiger partial charge is 0.227 e. The standard InChI is InChI=1S/C29H26NOP/c1-3-21(2)22-18-23(29-30-27-16-10-11-17-28(27)31-29)20-26(19-22)32(24-12-6-4-7-13-24)25-14-8-5-9-15-25/h4-21H,3H2,1-2H3. The Bertz CT molecular complexity index is 1250. The molecule has 3 heteroatoms. The Morgan fingerprint density at radius 3 is 2.00 bits per heavy atom. The molecular formula is C29H26NOP. The third kappa shape index (κ3) is 4.11. The first kappa shape index (κ1) is 20.7. The zero-order chi connectivity index (χ0) is 21.9. The molecule has 0 aliphatic carbocycles. The molecule has 32 heavy (non-hydrogen) atoms. The molecule has 1 heterocycles. The maximum atomic E-state index is 6.16. The van der Waals surface area contributed by atoms with Crippen molar-refractivity contribution in [3.63, 3.8) is 0 Å². The van der Waals surface area contributed by atoms with Crippen molar-refractivity contribution in [1.82, 2.24) is 4.98 Å². The number of aromatic nitrogens is 1. The van der Waals surface area contributed by atoms with Crippen molar-refractivity contribution in [2.24, 2.45) is 0 Å². The highest BCUT2D eigenvalue weighted by atomic mass is 31.1. The summed E-state index contributed by atoms with van der Waals surface area (Å²) in [6, 6.07) is 36.6. The van der Waals surface area contributed by atoms with Gasteiger partial charge in [0, 0.05) is 5.56 Å². The molecule has 2 nitrogen and oxygen atoms in total. The minimum Gasteiger partial charge on any atom is -0.436 e. The monoisotopic (exact) mass is 435 g/mol. The Kier molecular flexibility index (Phi) is 5.88. The van der Waals surface area contributed by atoms with Crippen LogP contribution in [-0.4, -0.2) is 4.98 Å². The van der Waals surface area contributed by atoms with Crippen LogP contribution in [-0.2, 0) is 0 Å². The summed E-state index contributed by atoms with van der Waals surface area (Å²) in [6.45, 7) is 4.54. The zero-order valence-electron chi connectivity index (χ0n) is 18.4. The molecule has 0 aliphatic rings. The van der Waals surface area contributed by atoms with E-state index >= 15 is 0 Å². The van der Waals surface area contributed by atoms with Crippen LogP contribution < -0.4 is 15.9 Å². The quantitative estimate of drug-likeness (QED) is 0.275. The van der Waals surface area contributed by atoms with Gasteiger partial charge in [0.15, 0.2) is 5.58 Å². The Balaban J connectivity index is 1.71. The Labute approximate surface area is 190 Å². The summed E-state index contributed by atoms with van der Waals surface area (Å²) in [5.41, 5.74) is 4.10. The highest BCUT2D eigenvalue weighted by Gasteiger charge is 2.20. The van der Waals surface area contributed by atoms with Crippen LogP contribution in [0.2, 0.25) is 0 Å². The molecule has 0 aliphatic heterocycles. The minimum absolute atomic E-state index is 0.460. The van der Waals surface area contributed by atoms with E-state index in [-0.39, 0.29) is 0 Å². The second-order valence-corrected chi connectivity index (χ2v) is 10.3. The maximum absolute atomic E-state index is 6.16. The third-order valence-electron chi connectivity index (χ3n) is 5.95. The first-order valence-electron chi connectivity index (χ1n) is 11.1.